The molecule has 1 aromatic heterocycles. The number of aryl methyl sites for hydroxylation is 1. The Bertz CT molecular complexity index is 407. The Morgan fingerprint density at radius 3 is 2.76 bits per heavy atom. The summed E-state index contributed by atoms with van der Waals surface area (Å²) in [7, 11) is 1.87. The van der Waals surface area contributed by atoms with Crippen LogP contribution in [-0.4, -0.2) is 28.5 Å². The normalized spacial score (nSPS) is 14.9. The Balaban J connectivity index is 2.11. The molecular weight excluding hydrogens is 214 g/mol. The fourth-order valence-electron chi connectivity index (χ4n) is 2.12. The Hall–Kier alpha value is -1.45. The molecule has 1 saturated carbocycles. The van der Waals surface area contributed by atoms with E-state index in [1.807, 2.05) is 16.5 Å². The number of nitrogens with zero attached hydrogens (tertiary/aromatic N) is 2. The van der Waals surface area contributed by atoms with Gasteiger partial charge in [0.25, 0.3) is 5.91 Å². The molecule has 1 aliphatic carbocycles. The van der Waals surface area contributed by atoms with E-state index in [-0.39, 0.29) is 5.91 Å². The minimum absolute atomic E-state index is 0.109. The third-order valence-corrected chi connectivity index (χ3v) is 3.20. The molecule has 4 nitrogen and oxygen atoms in total. The number of hydrogen-bond donors (Lipinski definition) is 1. The zero-order valence-corrected chi connectivity index (χ0v) is 10.6. The second kappa shape index (κ2) is 4.82. The Labute approximate surface area is 102 Å². The van der Waals surface area contributed by atoms with Crippen LogP contribution in [0.3, 0.4) is 0 Å². The zero-order valence-electron chi connectivity index (χ0n) is 10.6. The Morgan fingerprint density at radius 1 is 1.59 bits per heavy atom. The standard InChI is InChI=1S/C13H21N3O/c1-3-6-16(8-10-4-5-10)13(17)12-7-11(14)9-15(12)2/h7,9-10H,3-6,8,14H2,1-2H3. The minimum Gasteiger partial charge on any atom is -0.397 e. The van der Waals surface area contributed by atoms with Crippen LogP contribution in [0, 0.1) is 5.92 Å². The molecule has 2 N–H and O–H groups in total. The average molecular weight is 235 g/mol. The first-order chi connectivity index (χ1) is 8.11. The van der Waals surface area contributed by atoms with Crippen LogP contribution in [0.25, 0.3) is 0 Å². The molecule has 0 saturated heterocycles. The van der Waals surface area contributed by atoms with Crippen LogP contribution in [0.5, 0.6) is 0 Å². The number of carbonyl (C=O) groups is 1. The molecule has 0 spiro atoms. The highest BCUT2D eigenvalue weighted by Crippen LogP contribution is 2.30. The molecule has 17 heavy (non-hydrogen) atoms. The number of carbonyl (C=O) groups excluding carboxylic acids is 1. The van der Waals surface area contributed by atoms with Gasteiger partial charge in [0.15, 0.2) is 0 Å². The number of amides is 1. The van der Waals surface area contributed by atoms with Gasteiger partial charge in [-0.1, -0.05) is 6.92 Å². The first-order valence-corrected chi connectivity index (χ1v) is 6.33. The van der Waals surface area contributed by atoms with Gasteiger partial charge in [0, 0.05) is 26.3 Å². The summed E-state index contributed by atoms with van der Waals surface area (Å²) >= 11 is 0. The number of rotatable bonds is 5. The highest BCUT2D eigenvalue weighted by Gasteiger charge is 2.27. The second-order valence-electron chi connectivity index (χ2n) is 4.96. The molecule has 4 heteroatoms. The van der Waals surface area contributed by atoms with Crippen molar-refractivity contribution in [2.24, 2.45) is 13.0 Å². The summed E-state index contributed by atoms with van der Waals surface area (Å²) in [6.07, 6.45) is 5.32. The van der Waals surface area contributed by atoms with Gasteiger partial charge in [-0.25, -0.2) is 0 Å². The van der Waals surface area contributed by atoms with Gasteiger partial charge < -0.3 is 15.2 Å². The number of hydrogen-bond acceptors (Lipinski definition) is 2. The molecule has 0 aliphatic heterocycles. The molecule has 0 aromatic carbocycles. The van der Waals surface area contributed by atoms with E-state index in [1.54, 1.807) is 12.3 Å². The van der Waals surface area contributed by atoms with Crippen molar-refractivity contribution in [3.63, 3.8) is 0 Å². The maximum Gasteiger partial charge on any atom is 0.270 e. The smallest absolute Gasteiger partial charge is 0.270 e. The maximum atomic E-state index is 12.4. The highest BCUT2D eigenvalue weighted by atomic mass is 16.2. The zero-order chi connectivity index (χ0) is 12.4. The molecule has 0 bridgehead atoms. The molecule has 0 unspecified atom stereocenters. The summed E-state index contributed by atoms with van der Waals surface area (Å²) in [6, 6.07) is 1.76. The van der Waals surface area contributed by atoms with Gasteiger partial charge in [-0.2, -0.15) is 0 Å². The quantitative estimate of drug-likeness (QED) is 0.847. The Kier molecular flexibility index (Phi) is 3.41. The van der Waals surface area contributed by atoms with Gasteiger partial charge in [0.05, 0.1) is 5.69 Å². The number of aromatic nitrogens is 1. The summed E-state index contributed by atoms with van der Waals surface area (Å²) in [6.45, 7) is 3.84. The average Bonchev–Trinajstić information content (AvgIpc) is 3.02. The summed E-state index contributed by atoms with van der Waals surface area (Å²) in [4.78, 5) is 14.3. The lowest BCUT2D eigenvalue weighted by molar-refractivity contribution is 0.0738. The molecule has 1 heterocycles. The van der Waals surface area contributed by atoms with E-state index in [0.717, 1.165) is 25.4 Å². The topological polar surface area (TPSA) is 51.3 Å². The van der Waals surface area contributed by atoms with Gasteiger partial charge in [0.2, 0.25) is 0 Å². The molecule has 94 valence electrons. The molecule has 1 amide bonds. The molecular formula is C13H21N3O. The number of anilines is 1. The number of nitrogens with two attached hydrogens (primary N) is 1. The van der Waals surface area contributed by atoms with Crippen LogP contribution in [0.2, 0.25) is 0 Å². The lowest BCUT2D eigenvalue weighted by Crippen LogP contribution is -2.34. The van der Waals surface area contributed by atoms with Crippen molar-refractivity contribution in [2.45, 2.75) is 26.2 Å². The van der Waals surface area contributed by atoms with Crippen molar-refractivity contribution in [2.75, 3.05) is 18.8 Å². The second-order valence-corrected chi connectivity index (χ2v) is 4.96. The summed E-state index contributed by atoms with van der Waals surface area (Å²) in [5.74, 6) is 0.834. The predicted octanol–water partition coefficient (Wildman–Crippen LogP) is 1.87. The lowest BCUT2D eigenvalue weighted by atomic mass is 10.3. The van der Waals surface area contributed by atoms with E-state index in [2.05, 4.69) is 6.92 Å². The molecule has 0 atom stereocenters. The van der Waals surface area contributed by atoms with E-state index in [4.69, 9.17) is 5.73 Å². The SMILES string of the molecule is CCCN(CC1CC1)C(=O)c1cc(N)cn1C. The molecule has 1 aromatic rings. The summed E-state index contributed by atoms with van der Waals surface area (Å²) in [5.41, 5.74) is 7.06. The molecule has 1 fully saturated rings. The van der Waals surface area contributed by atoms with Crippen molar-refractivity contribution in [3.8, 4) is 0 Å². The Morgan fingerprint density at radius 2 is 2.29 bits per heavy atom. The maximum absolute atomic E-state index is 12.4. The van der Waals surface area contributed by atoms with Crippen LogP contribution in [0.1, 0.15) is 36.7 Å². The van der Waals surface area contributed by atoms with Crippen LogP contribution in [-0.2, 0) is 7.05 Å². The van der Waals surface area contributed by atoms with E-state index in [0.29, 0.717) is 11.4 Å². The third kappa shape index (κ3) is 2.81. The van der Waals surface area contributed by atoms with Gasteiger partial charge >= 0.3 is 0 Å². The van der Waals surface area contributed by atoms with E-state index < -0.39 is 0 Å². The third-order valence-electron chi connectivity index (χ3n) is 3.20. The fourth-order valence-corrected chi connectivity index (χ4v) is 2.12. The first kappa shape index (κ1) is 12.0. The van der Waals surface area contributed by atoms with Gasteiger partial charge in [-0.3, -0.25) is 4.79 Å². The van der Waals surface area contributed by atoms with Crippen molar-refractivity contribution in [3.05, 3.63) is 18.0 Å². The van der Waals surface area contributed by atoms with Crippen molar-refractivity contribution >= 4 is 11.6 Å². The van der Waals surface area contributed by atoms with Gasteiger partial charge in [0.1, 0.15) is 5.69 Å². The largest absolute Gasteiger partial charge is 0.397 e. The fraction of sp³-hybridized carbons (Fsp3) is 0.615. The highest BCUT2D eigenvalue weighted by molar-refractivity contribution is 5.93. The summed E-state index contributed by atoms with van der Waals surface area (Å²) in [5, 5.41) is 0. The van der Waals surface area contributed by atoms with Gasteiger partial charge in [-0.05, 0) is 31.2 Å². The van der Waals surface area contributed by atoms with Crippen molar-refractivity contribution in [1.82, 2.24) is 9.47 Å². The monoisotopic (exact) mass is 235 g/mol. The summed E-state index contributed by atoms with van der Waals surface area (Å²) < 4.78 is 1.81. The first-order valence-electron chi connectivity index (χ1n) is 6.33. The van der Waals surface area contributed by atoms with Crippen LogP contribution < -0.4 is 5.73 Å². The van der Waals surface area contributed by atoms with Crippen LogP contribution >= 0.6 is 0 Å². The molecule has 2 rings (SSSR count). The van der Waals surface area contributed by atoms with E-state index in [9.17, 15) is 4.79 Å². The molecule has 1 aliphatic rings. The van der Waals surface area contributed by atoms with Crippen LogP contribution in [0.15, 0.2) is 12.3 Å². The minimum atomic E-state index is 0.109. The lowest BCUT2D eigenvalue weighted by Gasteiger charge is -2.22. The van der Waals surface area contributed by atoms with Crippen molar-refractivity contribution in [1.29, 1.82) is 0 Å². The van der Waals surface area contributed by atoms with E-state index >= 15 is 0 Å². The number of nitrogen functional groups attached to an aromatic ring is 1. The molecule has 0 radical (unpaired) electrons. The predicted molar refractivity (Wildman–Crippen MR) is 68.7 cm³/mol. The van der Waals surface area contributed by atoms with E-state index in [1.165, 1.54) is 12.8 Å². The van der Waals surface area contributed by atoms with Crippen LogP contribution in [0.4, 0.5) is 5.69 Å². The van der Waals surface area contributed by atoms with Crippen molar-refractivity contribution < 1.29 is 4.79 Å². The van der Waals surface area contributed by atoms with Gasteiger partial charge in [-0.15, -0.1) is 0 Å².